The molecule has 9 atom stereocenters. The summed E-state index contributed by atoms with van der Waals surface area (Å²) in [6, 6.07) is 10.2. The van der Waals surface area contributed by atoms with Crippen molar-refractivity contribution >= 4 is 27.5 Å². The number of halogens is 2. The molecule has 50 heavy (non-hydrogen) atoms. The number of ether oxygens (including phenoxy) is 1. The van der Waals surface area contributed by atoms with Crippen molar-refractivity contribution < 1.29 is 32.4 Å². The third-order valence-corrected chi connectivity index (χ3v) is 14.3. The molecule has 5 aliphatic rings. The van der Waals surface area contributed by atoms with Crippen molar-refractivity contribution in [2.45, 2.75) is 95.0 Å². The monoisotopic (exact) mass is 710 g/mol. The van der Waals surface area contributed by atoms with E-state index in [1.54, 1.807) is 25.1 Å². The topological polar surface area (TPSA) is 120 Å². The van der Waals surface area contributed by atoms with Crippen LogP contribution in [0.1, 0.15) is 79.4 Å². The van der Waals surface area contributed by atoms with Crippen LogP contribution < -0.4 is 19.7 Å². The van der Waals surface area contributed by atoms with Crippen LogP contribution >= 0.6 is 0 Å². The predicted molar refractivity (Wildman–Crippen MR) is 189 cm³/mol. The van der Waals surface area contributed by atoms with Crippen molar-refractivity contribution in [2.24, 2.45) is 28.0 Å². The number of hydrogen-bond acceptors (Lipinski definition) is 6. The fourth-order valence-electron chi connectivity index (χ4n) is 8.41. The SMILES string of the molecule is Cc1ccc2c(c1)CCC[C@]21COc2ccc3cc2N(C[C@@H]2CC[C@H]2[C@@H](O)/C=C/C[C@H](C)[C@@H](C)S(=O)(NC(=O)N[C@@H]2C[C@H]2C(F)F)=NC3=O)C1. The van der Waals surface area contributed by atoms with E-state index < -0.39 is 51.6 Å². The first-order valence-corrected chi connectivity index (χ1v) is 19.6. The molecule has 0 saturated heterocycles. The van der Waals surface area contributed by atoms with Crippen LogP contribution in [-0.2, 0) is 21.8 Å². The van der Waals surface area contributed by atoms with E-state index in [-0.39, 0.29) is 35.2 Å². The molecule has 270 valence electrons. The summed E-state index contributed by atoms with van der Waals surface area (Å²) in [7, 11) is -3.74. The Morgan fingerprint density at radius 1 is 1.18 bits per heavy atom. The molecule has 2 heterocycles. The van der Waals surface area contributed by atoms with Gasteiger partial charge in [0, 0.05) is 36.0 Å². The van der Waals surface area contributed by atoms with Gasteiger partial charge in [-0.25, -0.2) is 22.5 Å². The largest absolute Gasteiger partial charge is 0.490 e. The van der Waals surface area contributed by atoms with Crippen LogP contribution in [-0.4, -0.2) is 64.8 Å². The van der Waals surface area contributed by atoms with E-state index in [9.17, 15) is 27.7 Å². The molecular weight excluding hydrogens is 663 g/mol. The first-order chi connectivity index (χ1) is 23.9. The van der Waals surface area contributed by atoms with Gasteiger partial charge in [-0.2, -0.15) is 0 Å². The molecule has 2 aromatic rings. The molecular formula is C38H48F2N4O5S. The normalized spacial score (nSPS) is 35.8. The maximum absolute atomic E-state index is 14.5. The number of allylic oxidation sites excluding steroid dienone is 1. The Balaban J connectivity index is 1.27. The van der Waals surface area contributed by atoms with Crippen LogP contribution in [0.25, 0.3) is 0 Å². The maximum atomic E-state index is 14.5. The Kier molecular flexibility index (Phi) is 9.47. The van der Waals surface area contributed by atoms with E-state index in [4.69, 9.17) is 4.74 Å². The summed E-state index contributed by atoms with van der Waals surface area (Å²) in [6.45, 7) is 7.46. The molecule has 0 aromatic heterocycles. The molecule has 2 aliphatic heterocycles. The van der Waals surface area contributed by atoms with Gasteiger partial charge in [-0.05, 0) is 106 Å². The van der Waals surface area contributed by atoms with Crippen molar-refractivity contribution in [3.05, 3.63) is 70.8 Å². The first kappa shape index (κ1) is 34.9. The molecule has 2 saturated carbocycles. The molecule has 2 bridgehead atoms. The second kappa shape index (κ2) is 13.6. The Morgan fingerprint density at radius 3 is 2.74 bits per heavy atom. The van der Waals surface area contributed by atoms with Gasteiger partial charge < -0.3 is 20.1 Å². The van der Waals surface area contributed by atoms with Gasteiger partial charge in [0.15, 0.2) is 0 Å². The van der Waals surface area contributed by atoms with Gasteiger partial charge in [-0.15, -0.1) is 4.36 Å². The number of rotatable bonds is 3. The highest BCUT2D eigenvalue weighted by Crippen LogP contribution is 2.46. The summed E-state index contributed by atoms with van der Waals surface area (Å²) in [6.07, 6.45) is 5.94. The lowest BCUT2D eigenvalue weighted by Crippen LogP contribution is -2.49. The van der Waals surface area contributed by atoms with Crippen molar-refractivity contribution in [3.63, 3.8) is 0 Å². The smallest absolute Gasteiger partial charge is 0.327 e. The lowest BCUT2D eigenvalue weighted by molar-refractivity contribution is 0.0456. The number of amides is 3. The van der Waals surface area contributed by atoms with Crippen molar-refractivity contribution in [1.82, 2.24) is 10.0 Å². The average Bonchev–Trinajstić information content (AvgIpc) is 3.85. The van der Waals surface area contributed by atoms with E-state index >= 15 is 0 Å². The molecule has 1 spiro atoms. The minimum absolute atomic E-state index is 0.0747. The van der Waals surface area contributed by atoms with Gasteiger partial charge in [-0.1, -0.05) is 42.8 Å². The zero-order chi connectivity index (χ0) is 35.4. The van der Waals surface area contributed by atoms with Crippen molar-refractivity contribution in [3.8, 4) is 5.75 Å². The van der Waals surface area contributed by atoms with E-state index in [0.29, 0.717) is 31.9 Å². The number of aliphatic hydroxyl groups is 1. The molecule has 2 fully saturated rings. The number of nitrogens with one attached hydrogen (secondary N) is 2. The van der Waals surface area contributed by atoms with Crippen LogP contribution in [0.15, 0.2) is 52.9 Å². The quantitative estimate of drug-likeness (QED) is 0.321. The zero-order valence-electron chi connectivity index (χ0n) is 28.9. The molecule has 1 unspecified atom stereocenters. The van der Waals surface area contributed by atoms with E-state index in [1.807, 2.05) is 19.1 Å². The maximum Gasteiger partial charge on any atom is 0.327 e. The fraction of sp³-hybridized carbons (Fsp3) is 0.579. The van der Waals surface area contributed by atoms with Crippen LogP contribution in [0.2, 0.25) is 0 Å². The second-order valence-electron chi connectivity index (χ2n) is 15.4. The van der Waals surface area contributed by atoms with E-state index in [2.05, 4.69) is 44.4 Å². The number of nitrogens with zero attached hydrogens (tertiary/aromatic N) is 2. The molecule has 0 radical (unpaired) electrons. The van der Waals surface area contributed by atoms with E-state index in [0.717, 1.165) is 37.8 Å². The summed E-state index contributed by atoms with van der Waals surface area (Å²) in [5.74, 6) is -1.04. The lowest BCUT2D eigenvalue weighted by atomic mass is 9.68. The van der Waals surface area contributed by atoms with Gasteiger partial charge in [0.2, 0.25) is 6.43 Å². The fourth-order valence-corrected chi connectivity index (χ4v) is 10.2. The Bertz CT molecular complexity index is 1810. The minimum Gasteiger partial charge on any atom is -0.490 e. The zero-order valence-corrected chi connectivity index (χ0v) is 29.8. The standard InChI is InChI=1S/C38H48F2N4O5S/c1-22-9-13-30-25(16-22)7-5-15-38(30)20-44-19-27-10-12-28(27)33(45)8-4-6-23(2)24(3)50(48,43-37(47)41-31-18-29(31)35(39)40)42-36(46)26-11-14-34(49-21-38)32(44)17-26/h4,8-9,11,13-14,16-17,23-24,27-29,31,33,35,45H,5-7,10,12,15,18-21H2,1-3H3,(H2,41,42,43,46,47,48)/b8-4+/t23-,24+,27-,28+,29+,31+,33-,38-,50?/m0/s1. The minimum atomic E-state index is -3.74. The van der Waals surface area contributed by atoms with Crippen LogP contribution in [0.3, 0.4) is 0 Å². The summed E-state index contributed by atoms with van der Waals surface area (Å²) in [5.41, 5.74) is 4.56. The number of urea groups is 1. The highest BCUT2D eigenvalue weighted by Gasteiger charge is 2.46. The van der Waals surface area contributed by atoms with Gasteiger partial charge >= 0.3 is 6.03 Å². The summed E-state index contributed by atoms with van der Waals surface area (Å²) in [4.78, 5) is 29.2. The first-order valence-electron chi connectivity index (χ1n) is 18.0. The van der Waals surface area contributed by atoms with Crippen LogP contribution in [0.5, 0.6) is 5.75 Å². The lowest BCUT2D eigenvalue weighted by Gasteiger charge is -2.45. The third kappa shape index (κ3) is 6.77. The summed E-state index contributed by atoms with van der Waals surface area (Å²) in [5, 5.41) is 13.0. The highest BCUT2D eigenvalue weighted by atomic mass is 32.2. The Labute approximate surface area is 293 Å². The number of benzene rings is 2. The van der Waals surface area contributed by atoms with Gasteiger partial charge in [0.25, 0.3) is 5.91 Å². The predicted octanol–water partition coefficient (Wildman–Crippen LogP) is 6.32. The van der Waals surface area contributed by atoms with E-state index in [1.165, 1.54) is 16.7 Å². The number of carbonyl (C=O) groups is 2. The Morgan fingerprint density at radius 2 is 2.00 bits per heavy atom. The molecule has 3 amide bonds. The molecule has 2 aromatic carbocycles. The third-order valence-electron chi connectivity index (χ3n) is 11.9. The van der Waals surface area contributed by atoms with Crippen molar-refractivity contribution in [2.75, 3.05) is 24.6 Å². The number of anilines is 1. The summed E-state index contributed by atoms with van der Waals surface area (Å²) < 4.78 is 54.0. The van der Waals surface area contributed by atoms with Crippen molar-refractivity contribution in [1.29, 1.82) is 0 Å². The molecule has 12 heteroatoms. The van der Waals surface area contributed by atoms with Crippen LogP contribution in [0, 0.1) is 30.6 Å². The molecule has 7 rings (SSSR count). The number of aryl methyl sites for hydroxylation is 2. The highest BCUT2D eigenvalue weighted by molar-refractivity contribution is 7.93. The molecule has 3 N–H and O–H groups in total. The second-order valence-corrected chi connectivity index (χ2v) is 17.6. The number of aliphatic hydroxyl groups excluding tert-OH is 1. The van der Waals surface area contributed by atoms with Crippen LogP contribution in [0.4, 0.5) is 19.3 Å². The average molecular weight is 711 g/mol. The Hall–Kier alpha value is -3.51. The molecule has 3 aliphatic carbocycles. The number of fused-ring (bicyclic) bond motifs is 4. The summed E-state index contributed by atoms with van der Waals surface area (Å²) >= 11 is 0. The van der Waals surface area contributed by atoms with Gasteiger partial charge in [-0.3, -0.25) is 4.79 Å². The number of alkyl halides is 2. The van der Waals surface area contributed by atoms with Gasteiger partial charge in [0.1, 0.15) is 15.7 Å². The number of hydrogen-bond donors (Lipinski definition) is 3. The number of carbonyl (C=O) groups excluding carboxylic acids is 2. The van der Waals surface area contributed by atoms with Gasteiger partial charge in [0.05, 0.1) is 23.6 Å². The molecule has 9 nitrogen and oxygen atoms in total.